The molecule has 2 heteroatoms. The van der Waals surface area contributed by atoms with Crippen LogP contribution in [-0.2, 0) is 0 Å². The van der Waals surface area contributed by atoms with Gasteiger partial charge in [-0.3, -0.25) is 0 Å². The molecule has 0 heterocycles. The van der Waals surface area contributed by atoms with Crippen molar-refractivity contribution in [1.82, 2.24) is 0 Å². The molecule has 0 N–H and O–H groups in total. The molecule has 0 fully saturated rings. The van der Waals surface area contributed by atoms with E-state index in [0.29, 0.717) is 5.41 Å². The molecule has 0 aliphatic heterocycles. The van der Waals surface area contributed by atoms with E-state index in [2.05, 4.69) is 60.9 Å². The Labute approximate surface area is 96.1 Å². The molecular weight excluding hydrogens is 291 g/mol. The third-order valence-electron chi connectivity index (χ3n) is 2.19. The first-order valence-corrected chi connectivity index (χ1v) is 19.1. The molecule has 0 amide bonds. The van der Waals surface area contributed by atoms with Gasteiger partial charge in [0.05, 0.1) is 0 Å². The first-order valence-electron chi connectivity index (χ1n) is 5.58. The summed E-state index contributed by atoms with van der Waals surface area (Å²) in [6.07, 6.45) is 0. The van der Waals surface area contributed by atoms with Crippen molar-refractivity contribution in [2.45, 2.75) is 55.2 Å². The second-order valence-corrected chi connectivity index (χ2v) is 26.8. The van der Waals surface area contributed by atoms with Crippen molar-refractivity contribution in [2.75, 3.05) is 0 Å². The van der Waals surface area contributed by atoms with Gasteiger partial charge in [0, 0.05) is 0 Å². The van der Waals surface area contributed by atoms with Crippen LogP contribution in [0.2, 0.25) is 34.5 Å². The van der Waals surface area contributed by atoms with Crippen molar-refractivity contribution < 1.29 is 0 Å². The van der Waals surface area contributed by atoms with E-state index >= 15 is 0 Å². The molecule has 0 aliphatic carbocycles. The number of rotatable bonds is 2. The van der Waals surface area contributed by atoms with Gasteiger partial charge in [0.1, 0.15) is 0 Å². The molecule has 0 aromatic rings. The molecule has 0 unspecified atom stereocenters. The van der Waals surface area contributed by atoms with Crippen molar-refractivity contribution in [3.8, 4) is 0 Å². The van der Waals surface area contributed by atoms with Crippen LogP contribution in [0.3, 0.4) is 0 Å². The number of hydrogen-bond acceptors (Lipinski definition) is 0. The normalized spacial score (nSPS) is 15.9. The van der Waals surface area contributed by atoms with E-state index < -0.39 is 26.5 Å². The second kappa shape index (κ2) is 4.32. The van der Waals surface area contributed by atoms with Gasteiger partial charge in [-0.25, -0.2) is 0 Å². The molecule has 0 aliphatic rings. The summed E-state index contributed by atoms with van der Waals surface area (Å²) < 4.78 is 1.82. The standard InChI is InChI=1S/C9H19Si.3CH3.Sn/c1-9(2,3)7-8-10(4,5)6;;;;/h8H,1-6H3;3*1H3;. The summed E-state index contributed by atoms with van der Waals surface area (Å²) in [5, 5.41) is 0. The zero-order chi connectivity index (χ0) is 11.8. The van der Waals surface area contributed by atoms with Crippen LogP contribution in [0.1, 0.15) is 20.8 Å². The summed E-state index contributed by atoms with van der Waals surface area (Å²) in [5.41, 5.74) is 3.07. The van der Waals surface area contributed by atoms with E-state index in [9.17, 15) is 0 Å². The molecule has 0 saturated carbocycles. The van der Waals surface area contributed by atoms with Gasteiger partial charge in [0.15, 0.2) is 0 Å². The van der Waals surface area contributed by atoms with Crippen LogP contribution in [-0.4, -0.2) is 26.5 Å². The van der Waals surface area contributed by atoms with Gasteiger partial charge < -0.3 is 0 Å². The Balaban J connectivity index is 5.26. The topological polar surface area (TPSA) is 0 Å². The molecule has 0 nitrogen and oxygen atoms in total. The van der Waals surface area contributed by atoms with Crippen LogP contribution < -0.4 is 0 Å². The van der Waals surface area contributed by atoms with E-state index in [-0.39, 0.29) is 0 Å². The van der Waals surface area contributed by atoms with Gasteiger partial charge in [0.25, 0.3) is 0 Å². The Kier molecular flexibility index (Phi) is 4.56. The molecule has 84 valence electrons. The van der Waals surface area contributed by atoms with Gasteiger partial charge in [-0.1, -0.05) is 0 Å². The molecule has 0 spiro atoms. The van der Waals surface area contributed by atoms with Crippen LogP contribution in [0.5, 0.6) is 0 Å². The fourth-order valence-electron chi connectivity index (χ4n) is 1.99. The molecule has 0 aromatic heterocycles. The second-order valence-electron chi connectivity index (χ2n) is 7.42. The summed E-state index contributed by atoms with van der Waals surface area (Å²) in [6, 6.07) is 0. The van der Waals surface area contributed by atoms with E-state index in [1.807, 2.05) is 3.59 Å². The van der Waals surface area contributed by atoms with Gasteiger partial charge >= 0.3 is 96.4 Å². The first-order chi connectivity index (χ1) is 5.84. The fraction of sp³-hybridized carbons (Fsp3) is 0.833. The molecule has 0 saturated heterocycles. The molecule has 0 aromatic carbocycles. The average Bonchev–Trinajstić information content (AvgIpc) is 1.75. The van der Waals surface area contributed by atoms with Crippen molar-refractivity contribution in [3.05, 3.63) is 9.29 Å². The van der Waals surface area contributed by atoms with E-state index in [0.717, 1.165) is 0 Å². The summed E-state index contributed by atoms with van der Waals surface area (Å²) in [5.74, 6) is 0. The third-order valence-corrected chi connectivity index (χ3v) is 11.3. The van der Waals surface area contributed by atoms with Crippen LogP contribution in [0.15, 0.2) is 9.29 Å². The Morgan fingerprint density at radius 1 is 1.00 bits per heavy atom. The van der Waals surface area contributed by atoms with Crippen LogP contribution in [0.25, 0.3) is 0 Å². The van der Waals surface area contributed by atoms with Gasteiger partial charge in [-0.2, -0.15) is 0 Å². The fourth-order valence-corrected chi connectivity index (χ4v) is 17.6. The van der Waals surface area contributed by atoms with E-state index in [1.54, 1.807) is 0 Å². The molecular formula is C12H28SiSn. The molecule has 0 radical (unpaired) electrons. The number of allylic oxidation sites excluding steroid dienone is 1. The Morgan fingerprint density at radius 2 is 1.36 bits per heavy atom. The van der Waals surface area contributed by atoms with Crippen molar-refractivity contribution in [1.29, 1.82) is 0 Å². The monoisotopic (exact) mass is 320 g/mol. The molecule has 0 atom stereocenters. The Bertz CT molecular complexity index is 204. The quantitative estimate of drug-likeness (QED) is 0.647. The van der Waals surface area contributed by atoms with Gasteiger partial charge in [-0.15, -0.1) is 0 Å². The van der Waals surface area contributed by atoms with E-state index in [1.165, 1.54) is 0 Å². The van der Waals surface area contributed by atoms with Crippen LogP contribution in [0.4, 0.5) is 0 Å². The third kappa shape index (κ3) is 5.59. The maximum atomic E-state index is 2.67. The predicted molar refractivity (Wildman–Crippen MR) is 74.2 cm³/mol. The van der Waals surface area contributed by atoms with Gasteiger partial charge in [-0.05, 0) is 0 Å². The minimum absolute atomic E-state index is 0.397. The van der Waals surface area contributed by atoms with E-state index in [4.69, 9.17) is 0 Å². The van der Waals surface area contributed by atoms with Crippen LogP contribution in [0, 0.1) is 5.41 Å². The predicted octanol–water partition coefficient (Wildman–Crippen LogP) is 4.71. The molecule has 0 rings (SSSR count). The Morgan fingerprint density at radius 3 is 1.43 bits per heavy atom. The SMILES string of the molecule is CC(C)(C)/[C](=C/[Si](C)(C)C)[Sn]([CH3])([CH3])[CH3]. The van der Waals surface area contributed by atoms with Crippen molar-refractivity contribution >= 4 is 26.5 Å². The van der Waals surface area contributed by atoms with Crippen LogP contribution >= 0.6 is 0 Å². The summed E-state index contributed by atoms with van der Waals surface area (Å²) >= 11 is -1.87. The molecule has 0 bridgehead atoms. The maximum absolute atomic E-state index is 2.67. The van der Waals surface area contributed by atoms with Crippen molar-refractivity contribution in [2.24, 2.45) is 5.41 Å². The Hall–Kier alpha value is 0.756. The summed E-state index contributed by atoms with van der Waals surface area (Å²) in [6.45, 7) is 14.5. The van der Waals surface area contributed by atoms with Crippen molar-refractivity contribution in [3.63, 3.8) is 0 Å². The number of hydrogen-bond donors (Lipinski definition) is 0. The zero-order valence-corrected chi connectivity index (χ0v) is 15.4. The minimum atomic E-state index is -1.87. The summed E-state index contributed by atoms with van der Waals surface area (Å²) in [7, 11) is -1.05. The van der Waals surface area contributed by atoms with Gasteiger partial charge in [0.2, 0.25) is 0 Å². The summed E-state index contributed by atoms with van der Waals surface area (Å²) in [4.78, 5) is 7.60. The average molecular weight is 319 g/mol. The molecule has 14 heavy (non-hydrogen) atoms. The first kappa shape index (κ1) is 14.8. The zero-order valence-electron chi connectivity index (χ0n) is 11.6.